The second-order valence-corrected chi connectivity index (χ2v) is 10.4. The van der Waals surface area contributed by atoms with Crippen molar-refractivity contribution in [2.45, 2.75) is 50.7 Å². The largest absolute Gasteiger partial charge is 0.394 e. The van der Waals surface area contributed by atoms with Gasteiger partial charge in [-0.1, -0.05) is 26.0 Å². The van der Waals surface area contributed by atoms with Crippen molar-refractivity contribution in [3.63, 3.8) is 0 Å². The molecule has 1 aromatic carbocycles. The number of halogens is 2. The first-order chi connectivity index (χ1) is 17.8. The van der Waals surface area contributed by atoms with Gasteiger partial charge in [-0.05, 0) is 60.1 Å². The summed E-state index contributed by atoms with van der Waals surface area (Å²) in [4.78, 5) is 6.33. The smallest absolute Gasteiger partial charge is 0.135 e. The zero-order chi connectivity index (χ0) is 25.9. The molecule has 0 amide bonds. The number of aliphatic hydroxyl groups is 2. The van der Waals surface area contributed by atoms with E-state index in [9.17, 15) is 13.9 Å². The van der Waals surface area contributed by atoms with Crippen LogP contribution in [0.4, 0.5) is 8.78 Å². The molecule has 0 aliphatic heterocycles. The number of aliphatic hydroxyl groups excluding tert-OH is 2. The zero-order valence-electron chi connectivity index (χ0n) is 20.4. The van der Waals surface area contributed by atoms with Gasteiger partial charge in [0.1, 0.15) is 17.3 Å². The van der Waals surface area contributed by atoms with E-state index in [2.05, 4.69) is 34.2 Å². The molecule has 2 aliphatic carbocycles. The fraction of sp³-hybridized carbons (Fsp3) is 0.370. The predicted molar refractivity (Wildman–Crippen MR) is 130 cm³/mol. The Bertz CT molecular complexity index is 1490. The van der Waals surface area contributed by atoms with Crippen LogP contribution < -0.4 is 0 Å². The third-order valence-corrected chi connectivity index (χ3v) is 8.17. The lowest BCUT2D eigenvalue weighted by Crippen LogP contribution is -2.37. The molecule has 0 saturated heterocycles. The van der Waals surface area contributed by atoms with Gasteiger partial charge in [-0.2, -0.15) is 20.1 Å². The van der Waals surface area contributed by atoms with E-state index in [-0.39, 0.29) is 35.7 Å². The van der Waals surface area contributed by atoms with Crippen molar-refractivity contribution in [2.75, 3.05) is 6.61 Å². The van der Waals surface area contributed by atoms with Crippen LogP contribution in [0.5, 0.6) is 0 Å². The van der Waals surface area contributed by atoms with E-state index in [0.29, 0.717) is 11.4 Å². The van der Waals surface area contributed by atoms with Crippen LogP contribution in [0.2, 0.25) is 0 Å². The van der Waals surface area contributed by atoms with Crippen molar-refractivity contribution in [3.05, 3.63) is 77.2 Å². The van der Waals surface area contributed by atoms with Crippen molar-refractivity contribution in [3.8, 4) is 22.6 Å². The first-order valence-electron chi connectivity index (χ1n) is 12.3. The van der Waals surface area contributed by atoms with E-state index in [1.807, 2.05) is 18.2 Å². The summed E-state index contributed by atoms with van der Waals surface area (Å²) in [5.74, 6) is -1.20. The Morgan fingerprint density at radius 2 is 1.81 bits per heavy atom. The minimum Gasteiger partial charge on any atom is -0.394 e. The first kappa shape index (κ1) is 23.7. The highest BCUT2D eigenvalue weighted by atomic mass is 19.1. The summed E-state index contributed by atoms with van der Waals surface area (Å²) in [6.45, 7) is 4.07. The van der Waals surface area contributed by atoms with Crippen LogP contribution in [-0.4, -0.2) is 53.1 Å². The standard InChI is InChI=1S/C27H26F2N6O2/c1-26(2)17-9-10-27(26,25-16(17)11-21(32-33-25)24-18(28)5-3-6-19(24)29)23-8-4-7-20(31-23)22-12-30-35(34-22)13-15(37)14-36/h3-8,11-12,15,17,36-37H,9-10,13-14H2,1-2H3/t15-,17-,27-/m0/s1. The van der Waals surface area contributed by atoms with Crippen LogP contribution in [0.25, 0.3) is 22.6 Å². The molecular weight excluding hydrogens is 478 g/mol. The highest BCUT2D eigenvalue weighted by molar-refractivity contribution is 5.64. The fourth-order valence-corrected chi connectivity index (χ4v) is 6.32. The van der Waals surface area contributed by atoms with Crippen LogP contribution in [0.1, 0.15) is 49.6 Å². The van der Waals surface area contributed by atoms with Crippen LogP contribution in [0.15, 0.2) is 48.7 Å². The van der Waals surface area contributed by atoms with E-state index >= 15 is 0 Å². The lowest BCUT2D eigenvalue weighted by Gasteiger charge is -2.37. The summed E-state index contributed by atoms with van der Waals surface area (Å²) in [5.41, 5.74) is 3.01. The quantitative estimate of drug-likeness (QED) is 0.413. The van der Waals surface area contributed by atoms with Gasteiger partial charge < -0.3 is 10.2 Å². The van der Waals surface area contributed by atoms with Crippen molar-refractivity contribution in [1.82, 2.24) is 30.2 Å². The normalized spacial score (nSPS) is 22.3. The molecule has 6 rings (SSSR count). The second kappa shape index (κ2) is 8.46. The Hall–Kier alpha value is -3.63. The summed E-state index contributed by atoms with van der Waals surface area (Å²) in [7, 11) is 0. The van der Waals surface area contributed by atoms with Gasteiger partial charge in [0.2, 0.25) is 0 Å². The lowest BCUT2D eigenvalue weighted by molar-refractivity contribution is 0.0747. The molecule has 2 aliphatic rings. The van der Waals surface area contributed by atoms with Gasteiger partial charge >= 0.3 is 0 Å². The number of nitrogens with zero attached hydrogens (tertiary/aromatic N) is 6. The molecule has 2 N–H and O–H groups in total. The fourth-order valence-electron chi connectivity index (χ4n) is 6.32. The van der Waals surface area contributed by atoms with Gasteiger partial charge in [0.25, 0.3) is 0 Å². The van der Waals surface area contributed by atoms with Crippen LogP contribution >= 0.6 is 0 Å². The molecular formula is C27H26F2N6O2. The first-order valence-corrected chi connectivity index (χ1v) is 12.3. The van der Waals surface area contributed by atoms with E-state index in [1.54, 1.807) is 12.3 Å². The van der Waals surface area contributed by atoms with E-state index in [0.717, 1.165) is 29.8 Å². The topological polar surface area (TPSA) is 110 Å². The number of benzene rings is 1. The maximum absolute atomic E-state index is 14.5. The Labute approximate surface area is 212 Å². The number of hydrogen-bond donors (Lipinski definition) is 2. The summed E-state index contributed by atoms with van der Waals surface area (Å²) in [6.07, 6.45) is 2.34. The van der Waals surface area contributed by atoms with Crippen molar-refractivity contribution in [1.29, 1.82) is 0 Å². The third-order valence-electron chi connectivity index (χ3n) is 8.17. The molecule has 0 unspecified atom stereocenters. The SMILES string of the molecule is CC1(C)[C@H]2CC[C@]1(c1cccc(-c3cnn(C[C@H](O)CO)n3)n1)c1nnc(-c3c(F)cccc3F)cc12. The molecule has 8 nitrogen and oxygen atoms in total. The maximum atomic E-state index is 14.5. The van der Waals surface area contributed by atoms with Crippen LogP contribution in [-0.2, 0) is 12.0 Å². The second-order valence-electron chi connectivity index (χ2n) is 10.4. The molecule has 10 heteroatoms. The Kier molecular flexibility index (Phi) is 5.43. The van der Waals surface area contributed by atoms with E-state index < -0.39 is 23.2 Å². The van der Waals surface area contributed by atoms with Crippen LogP contribution in [0, 0.1) is 17.0 Å². The van der Waals surface area contributed by atoms with Crippen LogP contribution in [0.3, 0.4) is 0 Å². The molecule has 0 spiro atoms. The molecule has 4 aromatic rings. The molecule has 3 heterocycles. The van der Waals surface area contributed by atoms with E-state index in [4.69, 9.17) is 10.1 Å². The molecule has 2 bridgehead atoms. The average molecular weight is 505 g/mol. The van der Waals surface area contributed by atoms with Crippen molar-refractivity contribution >= 4 is 0 Å². The highest BCUT2D eigenvalue weighted by Gasteiger charge is 2.65. The average Bonchev–Trinajstić information content (AvgIpc) is 3.51. The molecule has 1 saturated carbocycles. The van der Waals surface area contributed by atoms with Gasteiger partial charge in [0, 0.05) is 0 Å². The molecule has 3 atom stereocenters. The summed E-state index contributed by atoms with van der Waals surface area (Å²) in [5, 5.41) is 36.3. The minimum absolute atomic E-state index is 0.0722. The highest BCUT2D eigenvalue weighted by Crippen LogP contribution is 2.69. The van der Waals surface area contributed by atoms with Crippen molar-refractivity contribution < 1.29 is 19.0 Å². The Balaban J connectivity index is 1.43. The monoisotopic (exact) mass is 504 g/mol. The maximum Gasteiger partial charge on any atom is 0.135 e. The number of aromatic nitrogens is 6. The van der Waals surface area contributed by atoms with Gasteiger partial charge in [-0.25, -0.2) is 8.78 Å². The zero-order valence-corrected chi connectivity index (χ0v) is 20.4. The van der Waals surface area contributed by atoms with E-state index in [1.165, 1.54) is 23.0 Å². The molecule has 0 radical (unpaired) electrons. The van der Waals surface area contributed by atoms with Crippen molar-refractivity contribution in [2.24, 2.45) is 5.41 Å². The van der Waals surface area contributed by atoms with Gasteiger partial charge in [0.15, 0.2) is 0 Å². The Morgan fingerprint density at radius 1 is 1.05 bits per heavy atom. The number of pyridine rings is 1. The Morgan fingerprint density at radius 3 is 2.57 bits per heavy atom. The summed E-state index contributed by atoms with van der Waals surface area (Å²) in [6, 6.07) is 11.3. The summed E-state index contributed by atoms with van der Waals surface area (Å²) >= 11 is 0. The molecule has 190 valence electrons. The van der Waals surface area contributed by atoms with Gasteiger partial charge in [0.05, 0.1) is 59.2 Å². The summed E-state index contributed by atoms with van der Waals surface area (Å²) < 4.78 is 29.0. The lowest BCUT2D eigenvalue weighted by atomic mass is 9.66. The molecule has 3 aromatic heterocycles. The number of hydrogen-bond acceptors (Lipinski definition) is 7. The number of fused-ring (bicyclic) bond motifs is 5. The predicted octanol–water partition coefficient (Wildman–Crippen LogP) is 3.63. The van der Waals surface area contributed by atoms with Gasteiger partial charge in [-0.15, -0.1) is 5.10 Å². The minimum atomic E-state index is -0.953. The molecule has 37 heavy (non-hydrogen) atoms. The third kappa shape index (κ3) is 3.42. The molecule has 1 fully saturated rings. The number of rotatable bonds is 6. The van der Waals surface area contributed by atoms with Gasteiger partial charge in [-0.3, -0.25) is 4.98 Å².